The average molecular weight is 576 g/mol. The number of aromatic nitrogens is 2. The summed E-state index contributed by atoms with van der Waals surface area (Å²) >= 11 is 1.64. The van der Waals surface area contributed by atoms with Crippen molar-refractivity contribution in [2.45, 2.75) is 6.42 Å². The summed E-state index contributed by atoms with van der Waals surface area (Å²) in [6, 6.07) is 29.0. The van der Waals surface area contributed by atoms with Crippen LogP contribution in [-0.2, 0) is 11.2 Å². The van der Waals surface area contributed by atoms with Crippen molar-refractivity contribution in [3.8, 4) is 11.3 Å². The van der Waals surface area contributed by atoms with Crippen molar-refractivity contribution in [3.63, 3.8) is 0 Å². The molecule has 3 heterocycles. The molecular weight excluding hydrogens is 542 g/mol. The molecule has 6 aromatic rings. The monoisotopic (exact) mass is 575 g/mol. The van der Waals surface area contributed by atoms with Gasteiger partial charge >= 0.3 is 6.03 Å². The molecular formula is C34H33N5O2S. The molecule has 2 amide bonds. The fraction of sp³-hybridized carbons (Fsp3) is 0.235. The van der Waals surface area contributed by atoms with Crippen LogP contribution in [0.25, 0.3) is 37.8 Å². The second kappa shape index (κ2) is 11.9. The Morgan fingerprint density at radius 2 is 1.69 bits per heavy atom. The van der Waals surface area contributed by atoms with E-state index in [2.05, 4.69) is 86.9 Å². The van der Waals surface area contributed by atoms with Gasteiger partial charge < -0.3 is 15.0 Å². The molecule has 1 aliphatic rings. The summed E-state index contributed by atoms with van der Waals surface area (Å²) in [4.78, 5) is 23.9. The standard InChI is InChI=1S/C34H33N5O2S/c40-33(35-31-11-5-9-26-7-3-4-10-30(26)31)38(17-16-37-18-20-41-21-19-37)15-14-29-24-42-34-36-32(23-39(29)34)28-13-12-25-6-1-2-8-27(25)22-28/h1-13,22-24H,14-21H2,(H,35,40). The van der Waals surface area contributed by atoms with Crippen molar-refractivity contribution in [3.05, 3.63) is 102 Å². The zero-order valence-corrected chi connectivity index (χ0v) is 24.2. The number of nitrogens with one attached hydrogen (secondary N) is 1. The van der Waals surface area contributed by atoms with Crippen LogP contribution in [0.4, 0.5) is 10.5 Å². The summed E-state index contributed by atoms with van der Waals surface area (Å²) in [6.07, 6.45) is 2.86. The van der Waals surface area contributed by atoms with Gasteiger partial charge in [-0.3, -0.25) is 9.30 Å². The fourth-order valence-corrected chi connectivity index (χ4v) is 6.58. The number of carbonyl (C=O) groups is 1. The molecule has 0 bridgehead atoms. The first kappa shape index (κ1) is 26.6. The molecule has 212 valence electrons. The summed E-state index contributed by atoms with van der Waals surface area (Å²) in [7, 11) is 0. The molecule has 0 atom stereocenters. The number of morpholine rings is 1. The van der Waals surface area contributed by atoms with Gasteiger partial charge in [-0.25, -0.2) is 9.78 Å². The van der Waals surface area contributed by atoms with E-state index in [0.717, 1.165) is 77.6 Å². The average Bonchev–Trinajstić information content (AvgIpc) is 3.63. The zero-order chi connectivity index (χ0) is 28.3. The first-order valence-electron chi connectivity index (χ1n) is 14.5. The van der Waals surface area contributed by atoms with E-state index in [1.807, 2.05) is 29.2 Å². The maximum atomic E-state index is 13.7. The van der Waals surface area contributed by atoms with Crippen LogP contribution < -0.4 is 5.32 Å². The molecule has 0 saturated carbocycles. The number of hydrogen-bond acceptors (Lipinski definition) is 5. The summed E-state index contributed by atoms with van der Waals surface area (Å²) in [5.41, 5.74) is 4.06. The van der Waals surface area contributed by atoms with Crippen molar-refractivity contribution >= 4 is 49.6 Å². The lowest BCUT2D eigenvalue weighted by atomic mass is 10.1. The number of carbonyl (C=O) groups excluding carboxylic acids is 1. The van der Waals surface area contributed by atoms with E-state index in [-0.39, 0.29) is 6.03 Å². The van der Waals surface area contributed by atoms with Crippen LogP contribution in [0.3, 0.4) is 0 Å². The number of amides is 2. The summed E-state index contributed by atoms with van der Waals surface area (Å²) < 4.78 is 7.70. The lowest BCUT2D eigenvalue weighted by molar-refractivity contribution is 0.0352. The maximum absolute atomic E-state index is 13.7. The van der Waals surface area contributed by atoms with Crippen LogP contribution in [0.2, 0.25) is 0 Å². The lowest BCUT2D eigenvalue weighted by Gasteiger charge is -2.30. The molecule has 0 spiro atoms. The molecule has 4 aromatic carbocycles. The topological polar surface area (TPSA) is 62.1 Å². The van der Waals surface area contributed by atoms with Gasteiger partial charge in [-0.15, -0.1) is 11.3 Å². The van der Waals surface area contributed by atoms with Crippen molar-refractivity contribution in [1.82, 2.24) is 19.2 Å². The Labute approximate surface area is 249 Å². The highest BCUT2D eigenvalue weighted by Gasteiger charge is 2.19. The Balaban J connectivity index is 1.10. The number of fused-ring (bicyclic) bond motifs is 3. The Bertz CT molecular complexity index is 1850. The molecule has 2 aromatic heterocycles. The second-order valence-corrected chi connectivity index (χ2v) is 11.6. The van der Waals surface area contributed by atoms with Gasteiger partial charge in [0, 0.05) is 67.4 Å². The highest BCUT2D eigenvalue weighted by Crippen LogP contribution is 2.27. The summed E-state index contributed by atoms with van der Waals surface area (Å²) in [5.74, 6) is 0. The van der Waals surface area contributed by atoms with Gasteiger partial charge in [-0.2, -0.15) is 0 Å². The van der Waals surface area contributed by atoms with Gasteiger partial charge in [-0.1, -0.05) is 72.8 Å². The van der Waals surface area contributed by atoms with Crippen LogP contribution in [0.15, 0.2) is 96.5 Å². The Kier molecular flexibility index (Phi) is 7.57. The zero-order valence-electron chi connectivity index (χ0n) is 23.4. The molecule has 1 saturated heterocycles. The van der Waals surface area contributed by atoms with Gasteiger partial charge in [0.15, 0.2) is 4.96 Å². The second-order valence-electron chi connectivity index (χ2n) is 10.7. The SMILES string of the molecule is O=C(Nc1cccc2ccccc12)N(CCc1csc2nc(-c3ccc4ccccc4c3)cn12)CCN1CCOCC1. The smallest absolute Gasteiger partial charge is 0.321 e. The number of urea groups is 1. The van der Waals surface area contributed by atoms with Gasteiger partial charge in [-0.05, 0) is 28.3 Å². The predicted molar refractivity (Wildman–Crippen MR) is 172 cm³/mol. The Hall–Kier alpha value is -4.24. The number of hydrogen-bond donors (Lipinski definition) is 1. The van der Waals surface area contributed by atoms with Gasteiger partial charge in [0.1, 0.15) is 0 Å². The van der Waals surface area contributed by atoms with E-state index >= 15 is 0 Å². The minimum absolute atomic E-state index is 0.0754. The molecule has 1 N–H and O–H groups in total. The molecule has 7 nitrogen and oxygen atoms in total. The molecule has 0 radical (unpaired) electrons. The van der Waals surface area contributed by atoms with Crippen LogP contribution in [0.5, 0.6) is 0 Å². The van der Waals surface area contributed by atoms with Crippen molar-refractivity contribution < 1.29 is 9.53 Å². The largest absolute Gasteiger partial charge is 0.379 e. The van der Waals surface area contributed by atoms with Gasteiger partial charge in [0.25, 0.3) is 0 Å². The minimum Gasteiger partial charge on any atom is -0.379 e. The van der Waals surface area contributed by atoms with E-state index in [1.54, 1.807) is 11.3 Å². The first-order valence-corrected chi connectivity index (χ1v) is 15.4. The van der Waals surface area contributed by atoms with Crippen molar-refractivity contribution in [2.24, 2.45) is 0 Å². The molecule has 0 aliphatic carbocycles. The molecule has 42 heavy (non-hydrogen) atoms. The lowest BCUT2D eigenvalue weighted by Crippen LogP contribution is -2.45. The number of anilines is 1. The van der Waals surface area contributed by atoms with E-state index in [4.69, 9.17) is 9.72 Å². The summed E-state index contributed by atoms with van der Waals surface area (Å²) in [6.45, 7) is 5.37. The third-order valence-electron chi connectivity index (χ3n) is 8.07. The third kappa shape index (κ3) is 5.61. The van der Waals surface area contributed by atoms with Crippen LogP contribution in [0.1, 0.15) is 5.69 Å². The van der Waals surface area contributed by atoms with E-state index < -0.39 is 0 Å². The molecule has 0 unspecified atom stereocenters. The van der Waals surface area contributed by atoms with Crippen LogP contribution in [-0.4, -0.2) is 71.2 Å². The first-order chi connectivity index (χ1) is 20.7. The van der Waals surface area contributed by atoms with E-state index in [1.165, 1.54) is 10.8 Å². The molecule has 1 fully saturated rings. The number of nitrogens with zero attached hydrogens (tertiary/aromatic N) is 4. The third-order valence-corrected chi connectivity index (χ3v) is 8.96. The molecule has 7 rings (SSSR count). The number of imidazole rings is 1. The minimum atomic E-state index is -0.0754. The Morgan fingerprint density at radius 3 is 2.57 bits per heavy atom. The number of thiazole rings is 1. The maximum Gasteiger partial charge on any atom is 0.321 e. The van der Waals surface area contributed by atoms with Crippen molar-refractivity contribution in [1.29, 1.82) is 0 Å². The highest BCUT2D eigenvalue weighted by atomic mass is 32.1. The Morgan fingerprint density at radius 1 is 0.905 bits per heavy atom. The quantitative estimate of drug-likeness (QED) is 0.217. The van der Waals surface area contributed by atoms with E-state index in [0.29, 0.717) is 13.1 Å². The number of ether oxygens (including phenoxy) is 1. The fourth-order valence-electron chi connectivity index (χ4n) is 5.68. The van der Waals surface area contributed by atoms with E-state index in [9.17, 15) is 4.79 Å². The number of benzene rings is 4. The molecule has 8 heteroatoms. The molecule has 1 aliphatic heterocycles. The van der Waals surface area contributed by atoms with Crippen molar-refractivity contribution in [2.75, 3.05) is 51.3 Å². The number of rotatable bonds is 8. The van der Waals surface area contributed by atoms with Gasteiger partial charge in [0.05, 0.1) is 24.6 Å². The van der Waals surface area contributed by atoms with Crippen LogP contribution >= 0.6 is 11.3 Å². The van der Waals surface area contributed by atoms with Crippen LogP contribution in [0, 0.1) is 0 Å². The predicted octanol–water partition coefficient (Wildman–Crippen LogP) is 6.78. The summed E-state index contributed by atoms with van der Waals surface area (Å²) in [5, 5.41) is 9.95. The van der Waals surface area contributed by atoms with Gasteiger partial charge in [0.2, 0.25) is 0 Å². The normalized spacial score (nSPS) is 14.1. The highest BCUT2D eigenvalue weighted by molar-refractivity contribution is 7.15.